The van der Waals surface area contributed by atoms with Gasteiger partial charge in [-0.15, -0.1) is 11.8 Å². The summed E-state index contributed by atoms with van der Waals surface area (Å²) in [6.45, 7) is 0. The van der Waals surface area contributed by atoms with Gasteiger partial charge >= 0.3 is 12.4 Å². The third kappa shape index (κ3) is 4.72. The molecular weight excluding hydrogens is 346 g/mol. The first-order valence-corrected chi connectivity index (χ1v) is 6.51. The number of halogens is 7. The van der Waals surface area contributed by atoms with E-state index in [4.69, 9.17) is 0 Å². The van der Waals surface area contributed by atoms with Gasteiger partial charge in [-0.05, 0) is 18.2 Å². The molecule has 1 rings (SSSR count). The zero-order valence-corrected chi connectivity index (χ0v) is 11.1. The van der Waals surface area contributed by atoms with Crippen molar-refractivity contribution in [1.82, 2.24) is 0 Å². The normalized spacial score (nSPS) is 14.6. The van der Waals surface area contributed by atoms with Crippen LogP contribution in [0.1, 0.15) is 5.56 Å². The number of hydrogen-bond acceptors (Lipinski definition) is 1. The van der Waals surface area contributed by atoms with E-state index >= 15 is 0 Å². The van der Waals surface area contributed by atoms with Gasteiger partial charge in [0.2, 0.25) is 0 Å². The Balaban J connectivity index is 2.69. The molecule has 8 heteroatoms. The maximum Gasteiger partial charge on any atom is 0.416 e. The molecule has 0 aliphatic heterocycles. The summed E-state index contributed by atoms with van der Waals surface area (Å²) >= 11 is 3.16. The van der Waals surface area contributed by atoms with Crippen molar-refractivity contribution in [1.29, 1.82) is 0 Å². The standard InChI is InChI=1S/C10H7BrF6S/c11-8(10(15,16)17)5-18-7-3-1-2-6(4-7)9(12,13)14/h1-4,8H,5H2. The fraction of sp³-hybridized carbons (Fsp3) is 0.400. The highest BCUT2D eigenvalue weighted by atomic mass is 79.9. The Morgan fingerprint density at radius 3 is 2.22 bits per heavy atom. The fourth-order valence-electron chi connectivity index (χ4n) is 1.03. The van der Waals surface area contributed by atoms with Crippen LogP contribution in [-0.2, 0) is 6.18 Å². The van der Waals surface area contributed by atoms with E-state index in [2.05, 4.69) is 15.9 Å². The topological polar surface area (TPSA) is 0 Å². The van der Waals surface area contributed by atoms with Crippen molar-refractivity contribution in [3.05, 3.63) is 29.8 Å². The largest absolute Gasteiger partial charge is 0.416 e. The number of alkyl halides is 7. The number of hydrogen-bond donors (Lipinski definition) is 0. The van der Waals surface area contributed by atoms with Crippen LogP contribution >= 0.6 is 27.7 Å². The van der Waals surface area contributed by atoms with Crippen molar-refractivity contribution in [3.8, 4) is 0 Å². The van der Waals surface area contributed by atoms with Crippen molar-refractivity contribution in [2.24, 2.45) is 0 Å². The first-order chi connectivity index (χ1) is 8.10. The highest BCUT2D eigenvalue weighted by Gasteiger charge is 2.37. The summed E-state index contributed by atoms with van der Waals surface area (Å²) in [6.07, 6.45) is -8.90. The van der Waals surface area contributed by atoms with Gasteiger partial charge in [0.25, 0.3) is 0 Å². The molecule has 102 valence electrons. The summed E-state index contributed by atoms with van der Waals surface area (Å²) < 4.78 is 73.6. The van der Waals surface area contributed by atoms with E-state index < -0.39 is 22.7 Å². The van der Waals surface area contributed by atoms with Gasteiger partial charge in [-0.25, -0.2) is 0 Å². The van der Waals surface area contributed by atoms with E-state index in [9.17, 15) is 26.3 Å². The predicted molar refractivity (Wildman–Crippen MR) is 60.9 cm³/mol. The molecule has 0 nitrogen and oxygen atoms in total. The molecule has 1 unspecified atom stereocenters. The fourth-order valence-corrected chi connectivity index (χ4v) is 2.34. The van der Waals surface area contributed by atoms with Gasteiger partial charge in [0.15, 0.2) is 0 Å². The van der Waals surface area contributed by atoms with Crippen molar-refractivity contribution in [2.75, 3.05) is 5.75 Å². The van der Waals surface area contributed by atoms with E-state index in [0.717, 1.165) is 23.9 Å². The Labute approximate surface area is 112 Å². The molecule has 0 aliphatic carbocycles. The minimum absolute atomic E-state index is 0.151. The van der Waals surface area contributed by atoms with Gasteiger partial charge < -0.3 is 0 Å². The highest BCUT2D eigenvalue weighted by molar-refractivity contribution is 9.09. The van der Waals surface area contributed by atoms with Crippen molar-refractivity contribution in [3.63, 3.8) is 0 Å². The summed E-state index contributed by atoms with van der Waals surface area (Å²) in [7, 11) is 0. The maximum atomic E-state index is 12.4. The van der Waals surface area contributed by atoms with Crippen LogP contribution in [0, 0.1) is 0 Å². The van der Waals surface area contributed by atoms with Crippen LogP contribution < -0.4 is 0 Å². The van der Waals surface area contributed by atoms with Crippen LogP contribution in [0.3, 0.4) is 0 Å². The quantitative estimate of drug-likeness (QED) is 0.413. The van der Waals surface area contributed by atoms with Gasteiger partial charge in [0.05, 0.1) is 5.56 Å². The second kappa shape index (κ2) is 5.73. The van der Waals surface area contributed by atoms with Gasteiger partial charge in [-0.2, -0.15) is 26.3 Å². The molecule has 0 saturated carbocycles. The molecule has 1 aromatic rings. The van der Waals surface area contributed by atoms with Crippen LogP contribution in [-0.4, -0.2) is 16.8 Å². The van der Waals surface area contributed by atoms with Crippen LogP contribution in [0.5, 0.6) is 0 Å². The molecular formula is C10H7BrF6S. The molecule has 1 aromatic carbocycles. The van der Waals surface area contributed by atoms with E-state index in [-0.39, 0.29) is 10.6 Å². The Morgan fingerprint density at radius 2 is 1.72 bits per heavy atom. The summed E-state index contributed by atoms with van der Waals surface area (Å²) in [6, 6.07) is 4.22. The molecule has 0 radical (unpaired) electrons. The highest BCUT2D eigenvalue weighted by Crippen LogP contribution is 2.34. The lowest BCUT2D eigenvalue weighted by Gasteiger charge is -2.14. The summed E-state index contributed by atoms with van der Waals surface area (Å²) in [5, 5.41) is 0. The number of thioether (sulfide) groups is 1. The van der Waals surface area contributed by atoms with E-state index in [1.54, 1.807) is 0 Å². The van der Waals surface area contributed by atoms with E-state index in [1.807, 2.05) is 0 Å². The van der Waals surface area contributed by atoms with Crippen LogP contribution in [0.4, 0.5) is 26.3 Å². The lowest BCUT2D eigenvalue weighted by atomic mass is 10.2. The first-order valence-electron chi connectivity index (χ1n) is 4.61. The molecule has 0 saturated heterocycles. The average Bonchev–Trinajstić information content (AvgIpc) is 2.23. The van der Waals surface area contributed by atoms with Crippen LogP contribution in [0.2, 0.25) is 0 Å². The molecule has 0 N–H and O–H groups in total. The maximum absolute atomic E-state index is 12.4. The molecule has 0 spiro atoms. The molecule has 0 bridgehead atoms. The van der Waals surface area contributed by atoms with Crippen molar-refractivity contribution >= 4 is 27.7 Å². The number of benzene rings is 1. The minimum atomic E-state index is -4.49. The van der Waals surface area contributed by atoms with Crippen LogP contribution in [0.15, 0.2) is 29.2 Å². The smallest absolute Gasteiger partial charge is 0.170 e. The first kappa shape index (κ1) is 15.7. The van der Waals surface area contributed by atoms with Gasteiger partial charge in [-0.1, -0.05) is 22.0 Å². The molecule has 18 heavy (non-hydrogen) atoms. The molecule has 0 aliphatic rings. The Morgan fingerprint density at radius 1 is 1.11 bits per heavy atom. The molecule has 1 atom stereocenters. The predicted octanol–water partition coefficient (Wildman–Crippen LogP) is 5.12. The lowest BCUT2D eigenvalue weighted by Crippen LogP contribution is -2.24. The molecule has 0 amide bonds. The lowest BCUT2D eigenvalue weighted by molar-refractivity contribution is -0.137. The number of rotatable bonds is 3. The monoisotopic (exact) mass is 352 g/mol. The minimum Gasteiger partial charge on any atom is -0.170 e. The van der Waals surface area contributed by atoms with Crippen molar-refractivity contribution in [2.45, 2.75) is 22.1 Å². The third-order valence-corrected chi connectivity index (χ3v) is 4.27. The molecule has 0 aromatic heterocycles. The van der Waals surface area contributed by atoms with E-state index in [1.165, 1.54) is 12.1 Å². The van der Waals surface area contributed by atoms with Gasteiger partial charge in [-0.3, -0.25) is 0 Å². The molecule has 0 heterocycles. The zero-order chi connectivity index (χ0) is 14.0. The molecule has 0 fully saturated rings. The Bertz CT molecular complexity index is 400. The van der Waals surface area contributed by atoms with Crippen LogP contribution in [0.25, 0.3) is 0 Å². The summed E-state index contributed by atoms with van der Waals surface area (Å²) in [5.74, 6) is -0.384. The Hall–Kier alpha value is -0.370. The van der Waals surface area contributed by atoms with E-state index in [0.29, 0.717) is 0 Å². The summed E-state index contributed by atoms with van der Waals surface area (Å²) in [5.41, 5.74) is -0.870. The summed E-state index contributed by atoms with van der Waals surface area (Å²) in [4.78, 5) is -1.59. The van der Waals surface area contributed by atoms with Crippen molar-refractivity contribution < 1.29 is 26.3 Å². The third-order valence-electron chi connectivity index (χ3n) is 1.91. The van der Waals surface area contributed by atoms with Gasteiger partial charge in [0, 0.05) is 10.6 Å². The zero-order valence-electron chi connectivity index (χ0n) is 8.65. The average molecular weight is 353 g/mol. The second-order valence-corrected chi connectivity index (χ2v) is 5.54. The SMILES string of the molecule is FC(F)(F)c1cccc(SCC(Br)C(F)(F)F)c1. The second-order valence-electron chi connectivity index (χ2n) is 3.35. The Kier molecular flexibility index (Phi) is 4.99. The van der Waals surface area contributed by atoms with Gasteiger partial charge in [0.1, 0.15) is 4.83 Å².